The second-order valence-corrected chi connectivity index (χ2v) is 7.67. The molecular weight excluding hydrogens is 420 g/mol. The van der Waals surface area contributed by atoms with Crippen LogP contribution in [0, 0.1) is 0 Å². The lowest BCUT2D eigenvalue weighted by Crippen LogP contribution is -2.24. The van der Waals surface area contributed by atoms with Crippen molar-refractivity contribution < 1.29 is 14.3 Å². The highest BCUT2D eigenvalue weighted by Crippen LogP contribution is 2.22. The molecule has 0 saturated heterocycles. The van der Waals surface area contributed by atoms with Crippen molar-refractivity contribution in [2.45, 2.75) is 12.8 Å². The Morgan fingerprint density at radius 2 is 1.91 bits per heavy atom. The van der Waals surface area contributed by atoms with Gasteiger partial charge in [-0.1, -0.05) is 30.3 Å². The van der Waals surface area contributed by atoms with Gasteiger partial charge in [0.1, 0.15) is 0 Å². The van der Waals surface area contributed by atoms with E-state index in [1.807, 2.05) is 30.3 Å². The van der Waals surface area contributed by atoms with Gasteiger partial charge in [0.15, 0.2) is 5.65 Å². The van der Waals surface area contributed by atoms with E-state index < -0.39 is 0 Å². The lowest BCUT2D eigenvalue weighted by molar-refractivity contribution is 0.0599. The number of nitrogens with zero attached hydrogens (tertiary/aromatic N) is 2. The van der Waals surface area contributed by atoms with E-state index in [9.17, 15) is 14.4 Å². The molecule has 8 heteroatoms. The van der Waals surface area contributed by atoms with Crippen LogP contribution in [0.25, 0.3) is 22.3 Å². The Kier molecular flexibility index (Phi) is 6.35. The van der Waals surface area contributed by atoms with Crippen molar-refractivity contribution in [1.82, 2.24) is 19.9 Å². The number of hydrogen-bond donors (Lipinski definition) is 2. The summed E-state index contributed by atoms with van der Waals surface area (Å²) in [4.78, 5) is 43.4. The Morgan fingerprint density at radius 3 is 2.73 bits per heavy atom. The zero-order valence-corrected chi connectivity index (χ0v) is 18.4. The van der Waals surface area contributed by atoms with E-state index in [1.54, 1.807) is 37.5 Å². The average molecular weight is 444 g/mol. The molecule has 1 amide bonds. The number of nitrogens with one attached hydrogen (secondary N) is 2. The second kappa shape index (κ2) is 9.52. The van der Waals surface area contributed by atoms with E-state index in [-0.39, 0.29) is 17.6 Å². The summed E-state index contributed by atoms with van der Waals surface area (Å²) >= 11 is 0. The molecule has 0 atom stereocenters. The summed E-state index contributed by atoms with van der Waals surface area (Å²) in [5.41, 5.74) is 4.60. The van der Waals surface area contributed by atoms with E-state index >= 15 is 0 Å². The summed E-state index contributed by atoms with van der Waals surface area (Å²) in [5.74, 6) is -0.542. The number of amides is 1. The fraction of sp³-hybridized carbons (Fsp3) is 0.200. The third-order valence-corrected chi connectivity index (χ3v) is 5.55. The number of hydrogen-bond acceptors (Lipinski definition) is 5. The van der Waals surface area contributed by atoms with E-state index in [0.717, 1.165) is 16.7 Å². The van der Waals surface area contributed by atoms with Crippen molar-refractivity contribution in [2.24, 2.45) is 7.05 Å². The largest absolute Gasteiger partial charge is 0.465 e. The number of carbonyl (C=O) groups excluding carboxylic acids is 2. The topological polar surface area (TPSA) is 106 Å². The summed E-state index contributed by atoms with van der Waals surface area (Å²) in [7, 11) is 3.04. The minimum absolute atomic E-state index is 0.179. The summed E-state index contributed by atoms with van der Waals surface area (Å²) in [6.07, 6.45) is 3.00. The summed E-state index contributed by atoms with van der Waals surface area (Å²) in [6.45, 7) is 0.470. The van der Waals surface area contributed by atoms with Gasteiger partial charge in [-0.05, 0) is 48.2 Å². The Balaban J connectivity index is 1.41. The summed E-state index contributed by atoms with van der Waals surface area (Å²) in [6, 6.07) is 16.4. The molecule has 0 aliphatic heterocycles. The van der Waals surface area contributed by atoms with E-state index in [4.69, 9.17) is 4.74 Å². The van der Waals surface area contributed by atoms with Gasteiger partial charge < -0.3 is 10.1 Å². The number of pyridine rings is 1. The fourth-order valence-corrected chi connectivity index (χ4v) is 3.73. The number of aromatic nitrogens is 3. The third-order valence-electron chi connectivity index (χ3n) is 5.55. The highest BCUT2D eigenvalue weighted by atomic mass is 16.5. The highest BCUT2D eigenvalue weighted by Gasteiger charge is 2.12. The Bertz CT molecular complexity index is 1390. The van der Waals surface area contributed by atoms with Crippen LogP contribution in [0.3, 0.4) is 0 Å². The number of benzene rings is 2. The van der Waals surface area contributed by atoms with Gasteiger partial charge in [0.25, 0.3) is 5.91 Å². The molecule has 0 fully saturated rings. The summed E-state index contributed by atoms with van der Waals surface area (Å²) < 4.78 is 6.33. The molecule has 0 saturated carbocycles. The fourth-order valence-electron chi connectivity index (χ4n) is 3.73. The molecule has 4 aromatic rings. The van der Waals surface area contributed by atoms with Crippen molar-refractivity contribution >= 4 is 23.0 Å². The first-order chi connectivity index (χ1) is 16.0. The van der Waals surface area contributed by atoms with Crippen LogP contribution in [0.4, 0.5) is 0 Å². The standard InChI is InChI=1S/C25H24N4O4/c1-29-21-14-19(15-27-22(21)28-25(29)32)17-8-5-9-18(13-17)23(30)26-12-6-10-16-7-3-4-11-20(16)24(31)33-2/h3-5,7-9,11,13-15H,6,10,12H2,1-2H3,(H,26,30)(H,27,28,32). The van der Waals surface area contributed by atoms with Crippen LogP contribution in [0.2, 0.25) is 0 Å². The van der Waals surface area contributed by atoms with Crippen molar-refractivity contribution in [3.63, 3.8) is 0 Å². The molecule has 2 N–H and O–H groups in total. The molecule has 0 aliphatic carbocycles. The number of methoxy groups -OCH3 is 1. The quantitative estimate of drug-likeness (QED) is 0.337. The van der Waals surface area contributed by atoms with Gasteiger partial charge in [-0.15, -0.1) is 0 Å². The third kappa shape index (κ3) is 4.69. The number of rotatable bonds is 7. The van der Waals surface area contributed by atoms with E-state index in [1.165, 1.54) is 11.7 Å². The molecule has 0 aliphatic rings. The zero-order valence-electron chi connectivity index (χ0n) is 18.4. The van der Waals surface area contributed by atoms with Crippen LogP contribution < -0.4 is 11.0 Å². The number of fused-ring (bicyclic) bond motifs is 1. The van der Waals surface area contributed by atoms with Gasteiger partial charge in [-0.2, -0.15) is 0 Å². The van der Waals surface area contributed by atoms with Gasteiger partial charge in [0.2, 0.25) is 0 Å². The molecule has 0 radical (unpaired) electrons. The maximum absolute atomic E-state index is 12.7. The van der Waals surface area contributed by atoms with Gasteiger partial charge >= 0.3 is 11.7 Å². The van der Waals surface area contributed by atoms with Crippen molar-refractivity contribution in [1.29, 1.82) is 0 Å². The predicted octanol–water partition coefficient (Wildman–Crippen LogP) is 3.08. The lowest BCUT2D eigenvalue weighted by atomic mass is 10.0. The molecule has 0 spiro atoms. The normalized spacial score (nSPS) is 10.8. The number of aryl methyl sites for hydroxylation is 2. The summed E-state index contributed by atoms with van der Waals surface area (Å²) in [5, 5.41) is 2.93. The second-order valence-electron chi connectivity index (χ2n) is 7.67. The van der Waals surface area contributed by atoms with Crippen LogP contribution in [0.15, 0.2) is 65.6 Å². The monoisotopic (exact) mass is 444 g/mol. The smallest absolute Gasteiger partial charge is 0.338 e. The molecule has 0 unspecified atom stereocenters. The van der Waals surface area contributed by atoms with Gasteiger partial charge in [-0.25, -0.2) is 14.6 Å². The van der Waals surface area contributed by atoms with Crippen LogP contribution in [0.5, 0.6) is 0 Å². The zero-order chi connectivity index (χ0) is 23.4. The maximum Gasteiger partial charge on any atom is 0.338 e. The SMILES string of the molecule is COC(=O)c1ccccc1CCCNC(=O)c1cccc(-c2cnc3[nH]c(=O)n(C)c3c2)c1. The van der Waals surface area contributed by atoms with Gasteiger partial charge in [0, 0.05) is 30.9 Å². The number of H-pyrrole nitrogens is 1. The maximum atomic E-state index is 12.7. The Morgan fingerprint density at radius 1 is 1.09 bits per heavy atom. The minimum Gasteiger partial charge on any atom is -0.465 e. The lowest BCUT2D eigenvalue weighted by Gasteiger charge is -2.09. The van der Waals surface area contributed by atoms with Crippen molar-refractivity contribution in [3.8, 4) is 11.1 Å². The number of aromatic amines is 1. The molecule has 8 nitrogen and oxygen atoms in total. The number of carbonyl (C=O) groups is 2. The highest BCUT2D eigenvalue weighted by molar-refractivity contribution is 5.95. The Hall–Kier alpha value is -4.20. The molecule has 33 heavy (non-hydrogen) atoms. The molecule has 0 bridgehead atoms. The first-order valence-electron chi connectivity index (χ1n) is 10.6. The van der Waals surface area contributed by atoms with Gasteiger partial charge in [-0.3, -0.25) is 14.3 Å². The van der Waals surface area contributed by atoms with Crippen LogP contribution >= 0.6 is 0 Å². The molecule has 2 aromatic heterocycles. The first-order valence-corrected chi connectivity index (χ1v) is 10.6. The van der Waals surface area contributed by atoms with Crippen molar-refractivity contribution in [2.75, 3.05) is 13.7 Å². The van der Waals surface area contributed by atoms with Crippen LogP contribution in [-0.4, -0.2) is 40.1 Å². The average Bonchev–Trinajstić information content (AvgIpc) is 3.14. The molecule has 4 rings (SSSR count). The molecule has 2 aromatic carbocycles. The van der Waals surface area contributed by atoms with Crippen LogP contribution in [-0.2, 0) is 18.2 Å². The molecular formula is C25H24N4O4. The number of ether oxygens (including phenoxy) is 1. The molecule has 168 valence electrons. The van der Waals surface area contributed by atoms with E-state index in [0.29, 0.717) is 41.7 Å². The minimum atomic E-state index is -0.362. The number of imidazole rings is 1. The predicted molar refractivity (Wildman–Crippen MR) is 125 cm³/mol. The first kappa shape index (κ1) is 22.0. The van der Waals surface area contributed by atoms with Crippen LogP contribution in [0.1, 0.15) is 32.7 Å². The van der Waals surface area contributed by atoms with Gasteiger partial charge in [0.05, 0.1) is 18.2 Å². The van der Waals surface area contributed by atoms with Crippen molar-refractivity contribution in [3.05, 3.63) is 88.0 Å². The molecule has 2 heterocycles. The number of esters is 1. The Labute approximate surface area is 190 Å². The van der Waals surface area contributed by atoms with E-state index in [2.05, 4.69) is 15.3 Å².